The third-order valence-electron chi connectivity index (χ3n) is 3.33. The monoisotopic (exact) mass is 234 g/mol. The number of hydrogen-bond donors (Lipinski definition) is 2. The van der Waals surface area contributed by atoms with E-state index in [1.807, 2.05) is 24.3 Å². The van der Waals surface area contributed by atoms with Crippen LogP contribution in [0.5, 0.6) is 0 Å². The van der Waals surface area contributed by atoms with Gasteiger partial charge in [-0.25, -0.2) is 0 Å². The number of aliphatic hydroxyl groups is 1. The van der Waals surface area contributed by atoms with E-state index < -0.39 is 6.10 Å². The minimum absolute atomic E-state index is 0.0357. The van der Waals surface area contributed by atoms with Crippen molar-refractivity contribution in [2.24, 2.45) is 11.7 Å². The molecule has 1 unspecified atom stereocenters. The average Bonchev–Trinajstić information content (AvgIpc) is 2.78. The van der Waals surface area contributed by atoms with Crippen molar-refractivity contribution in [3.05, 3.63) is 29.8 Å². The Morgan fingerprint density at radius 1 is 1.47 bits per heavy atom. The number of rotatable bonds is 3. The Morgan fingerprint density at radius 3 is 2.59 bits per heavy atom. The van der Waals surface area contributed by atoms with Gasteiger partial charge in [0.2, 0.25) is 5.91 Å². The van der Waals surface area contributed by atoms with Crippen LogP contribution in [0.15, 0.2) is 24.3 Å². The first kappa shape index (κ1) is 11.9. The third-order valence-corrected chi connectivity index (χ3v) is 3.33. The van der Waals surface area contributed by atoms with E-state index in [0.29, 0.717) is 6.54 Å². The predicted molar refractivity (Wildman–Crippen MR) is 66.6 cm³/mol. The maximum Gasteiger partial charge on any atom is 0.222 e. The maximum absolute atomic E-state index is 11.1. The second kappa shape index (κ2) is 4.75. The summed E-state index contributed by atoms with van der Waals surface area (Å²) in [5.74, 6) is -0.250. The molecule has 1 saturated heterocycles. The highest BCUT2D eigenvalue weighted by atomic mass is 16.3. The molecule has 0 saturated carbocycles. The molecule has 3 N–H and O–H groups in total. The van der Waals surface area contributed by atoms with Crippen molar-refractivity contribution >= 4 is 11.6 Å². The van der Waals surface area contributed by atoms with E-state index in [0.717, 1.165) is 24.2 Å². The summed E-state index contributed by atoms with van der Waals surface area (Å²) in [6.07, 6.45) is 0.383. The zero-order chi connectivity index (χ0) is 12.4. The summed E-state index contributed by atoms with van der Waals surface area (Å²) in [6.45, 7) is 3.30. The molecule has 2 atom stereocenters. The van der Waals surface area contributed by atoms with Crippen LogP contribution in [0.25, 0.3) is 0 Å². The van der Waals surface area contributed by atoms with E-state index in [1.165, 1.54) is 0 Å². The topological polar surface area (TPSA) is 66.6 Å². The van der Waals surface area contributed by atoms with E-state index >= 15 is 0 Å². The Hall–Kier alpha value is -1.55. The average molecular weight is 234 g/mol. The predicted octanol–water partition coefficient (Wildman–Crippen LogP) is 1.05. The molecule has 1 aliphatic rings. The van der Waals surface area contributed by atoms with Crippen molar-refractivity contribution in [1.82, 2.24) is 0 Å². The first-order valence-electron chi connectivity index (χ1n) is 5.90. The Morgan fingerprint density at radius 2 is 2.12 bits per heavy atom. The summed E-state index contributed by atoms with van der Waals surface area (Å²) in [6, 6.07) is 7.78. The molecule has 4 heteroatoms. The molecule has 1 aromatic carbocycles. The summed E-state index contributed by atoms with van der Waals surface area (Å²) in [5.41, 5.74) is 7.29. The molecule has 1 fully saturated rings. The number of nitrogens with zero attached hydrogens (tertiary/aromatic N) is 1. The van der Waals surface area contributed by atoms with Gasteiger partial charge in [-0.3, -0.25) is 4.79 Å². The van der Waals surface area contributed by atoms with Crippen LogP contribution in [0.4, 0.5) is 5.69 Å². The van der Waals surface area contributed by atoms with Crippen molar-refractivity contribution in [3.8, 4) is 0 Å². The van der Waals surface area contributed by atoms with Gasteiger partial charge in [-0.15, -0.1) is 0 Å². The molecule has 0 bridgehead atoms. The summed E-state index contributed by atoms with van der Waals surface area (Å²) in [4.78, 5) is 13.2. The standard InChI is InChI=1S/C13H18N2O2/c1-9(16)10-2-4-12(5-3-10)15-7-6-11(8-15)13(14)17/h2-5,9,11,16H,6-8H2,1H3,(H2,14,17)/t9-,11?/m0/s1. The second-order valence-electron chi connectivity index (χ2n) is 4.60. The first-order chi connectivity index (χ1) is 8.08. The minimum atomic E-state index is -0.444. The largest absolute Gasteiger partial charge is 0.389 e. The van der Waals surface area contributed by atoms with Gasteiger partial charge >= 0.3 is 0 Å². The van der Waals surface area contributed by atoms with E-state index in [-0.39, 0.29) is 11.8 Å². The first-order valence-corrected chi connectivity index (χ1v) is 5.90. The number of primary amides is 1. The van der Waals surface area contributed by atoms with Gasteiger partial charge in [0.15, 0.2) is 0 Å². The van der Waals surface area contributed by atoms with Crippen LogP contribution in [0.2, 0.25) is 0 Å². The normalized spacial score (nSPS) is 21.5. The molecule has 1 amide bonds. The number of anilines is 1. The van der Waals surface area contributed by atoms with Gasteiger partial charge in [-0.1, -0.05) is 12.1 Å². The molecular weight excluding hydrogens is 216 g/mol. The van der Waals surface area contributed by atoms with Gasteiger partial charge in [0.25, 0.3) is 0 Å². The molecule has 0 spiro atoms. The van der Waals surface area contributed by atoms with Crippen molar-refractivity contribution in [2.75, 3.05) is 18.0 Å². The van der Waals surface area contributed by atoms with Crippen LogP contribution in [-0.2, 0) is 4.79 Å². The van der Waals surface area contributed by atoms with Crippen molar-refractivity contribution in [3.63, 3.8) is 0 Å². The highest BCUT2D eigenvalue weighted by Crippen LogP contribution is 2.25. The number of hydrogen-bond acceptors (Lipinski definition) is 3. The summed E-state index contributed by atoms with van der Waals surface area (Å²) >= 11 is 0. The van der Waals surface area contributed by atoms with Crippen molar-refractivity contribution < 1.29 is 9.90 Å². The molecule has 1 aliphatic heterocycles. The molecule has 4 nitrogen and oxygen atoms in total. The summed E-state index contributed by atoms with van der Waals surface area (Å²) < 4.78 is 0. The van der Waals surface area contributed by atoms with E-state index in [4.69, 9.17) is 5.73 Å². The molecule has 0 aromatic heterocycles. The van der Waals surface area contributed by atoms with Gasteiger partial charge in [-0.05, 0) is 31.0 Å². The lowest BCUT2D eigenvalue weighted by atomic mass is 10.1. The number of carbonyl (C=O) groups is 1. The summed E-state index contributed by atoms with van der Waals surface area (Å²) in [7, 11) is 0. The van der Waals surface area contributed by atoms with Crippen LogP contribution >= 0.6 is 0 Å². The van der Waals surface area contributed by atoms with Gasteiger partial charge in [0.1, 0.15) is 0 Å². The van der Waals surface area contributed by atoms with Gasteiger partial charge in [0.05, 0.1) is 12.0 Å². The minimum Gasteiger partial charge on any atom is -0.389 e. The van der Waals surface area contributed by atoms with E-state index in [9.17, 15) is 9.90 Å². The fourth-order valence-electron chi connectivity index (χ4n) is 2.19. The molecule has 0 radical (unpaired) electrons. The molecule has 92 valence electrons. The van der Waals surface area contributed by atoms with E-state index in [2.05, 4.69) is 4.90 Å². The highest BCUT2D eigenvalue weighted by Gasteiger charge is 2.26. The van der Waals surface area contributed by atoms with E-state index in [1.54, 1.807) is 6.92 Å². The van der Waals surface area contributed by atoms with Crippen LogP contribution in [0.1, 0.15) is 25.0 Å². The summed E-state index contributed by atoms with van der Waals surface area (Å²) in [5, 5.41) is 9.42. The SMILES string of the molecule is C[C@H](O)c1ccc(N2CCC(C(N)=O)C2)cc1. The Bertz CT molecular complexity index is 400. The van der Waals surface area contributed by atoms with Crippen LogP contribution < -0.4 is 10.6 Å². The van der Waals surface area contributed by atoms with Crippen LogP contribution in [0, 0.1) is 5.92 Å². The molecular formula is C13H18N2O2. The maximum atomic E-state index is 11.1. The van der Waals surface area contributed by atoms with Crippen molar-refractivity contribution in [2.45, 2.75) is 19.4 Å². The van der Waals surface area contributed by atoms with Crippen LogP contribution in [0.3, 0.4) is 0 Å². The molecule has 1 heterocycles. The number of amides is 1. The highest BCUT2D eigenvalue weighted by molar-refractivity contribution is 5.78. The fourth-order valence-corrected chi connectivity index (χ4v) is 2.19. The lowest BCUT2D eigenvalue weighted by Crippen LogP contribution is -2.27. The van der Waals surface area contributed by atoms with Gasteiger partial charge < -0.3 is 15.7 Å². The number of benzene rings is 1. The fraction of sp³-hybridized carbons (Fsp3) is 0.462. The molecule has 2 rings (SSSR count). The van der Waals surface area contributed by atoms with Crippen LogP contribution in [-0.4, -0.2) is 24.1 Å². The Kier molecular flexibility index (Phi) is 3.33. The number of aliphatic hydroxyl groups excluding tert-OH is 1. The third kappa shape index (κ3) is 2.58. The molecule has 0 aliphatic carbocycles. The number of nitrogens with two attached hydrogens (primary N) is 1. The lowest BCUT2D eigenvalue weighted by Gasteiger charge is -2.18. The zero-order valence-corrected chi connectivity index (χ0v) is 9.97. The quantitative estimate of drug-likeness (QED) is 0.821. The molecule has 1 aromatic rings. The second-order valence-corrected chi connectivity index (χ2v) is 4.60. The Labute approximate surface area is 101 Å². The molecule has 17 heavy (non-hydrogen) atoms. The zero-order valence-electron chi connectivity index (χ0n) is 9.97. The smallest absolute Gasteiger partial charge is 0.222 e. The van der Waals surface area contributed by atoms with Crippen molar-refractivity contribution in [1.29, 1.82) is 0 Å². The Balaban J connectivity index is 2.06. The van der Waals surface area contributed by atoms with Gasteiger partial charge in [-0.2, -0.15) is 0 Å². The van der Waals surface area contributed by atoms with Gasteiger partial charge in [0, 0.05) is 18.8 Å². The lowest BCUT2D eigenvalue weighted by molar-refractivity contribution is -0.121. The number of carbonyl (C=O) groups excluding carboxylic acids is 1.